The zero-order chi connectivity index (χ0) is 17.4. The van der Waals surface area contributed by atoms with E-state index in [1.807, 2.05) is 34.6 Å². The van der Waals surface area contributed by atoms with E-state index in [1.54, 1.807) is 15.9 Å². The molecule has 0 saturated carbocycles. The van der Waals surface area contributed by atoms with Gasteiger partial charge in [0.1, 0.15) is 4.83 Å². The fraction of sp³-hybridized carbons (Fsp3) is 0.500. The summed E-state index contributed by atoms with van der Waals surface area (Å²) in [6, 6.07) is 0.0328. The Balaban J connectivity index is 2.02. The SMILES string of the molecule is CCc1noc(CSc2nc3sc(C)c(C)c3c(=O)n2C(C)C)n1. The van der Waals surface area contributed by atoms with Crippen LogP contribution in [-0.4, -0.2) is 19.7 Å². The smallest absolute Gasteiger partial charge is 0.263 e. The molecule has 128 valence electrons. The van der Waals surface area contributed by atoms with Crippen molar-refractivity contribution in [3.8, 4) is 0 Å². The van der Waals surface area contributed by atoms with E-state index < -0.39 is 0 Å². The van der Waals surface area contributed by atoms with E-state index in [0.717, 1.165) is 27.1 Å². The molecule has 0 radical (unpaired) electrons. The van der Waals surface area contributed by atoms with E-state index in [1.165, 1.54) is 11.8 Å². The van der Waals surface area contributed by atoms with Crippen molar-refractivity contribution in [3.63, 3.8) is 0 Å². The van der Waals surface area contributed by atoms with E-state index in [2.05, 4.69) is 10.1 Å². The summed E-state index contributed by atoms with van der Waals surface area (Å²) in [5, 5.41) is 5.33. The van der Waals surface area contributed by atoms with E-state index in [-0.39, 0.29) is 11.6 Å². The van der Waals surface area contributed by atoms with Crippen molar-refractivity contribution in [2.75, 3.05) is 0 Å². The molecule has 0 N–H and O–H groups in total. The molecule has 0 aliphatic heterocycles. The standard InChI is InChI=1S/C16H20N4O2S2/c1-6-11-17-12(22-19-11)7-23-16-18-14-13(9(4)10(5)24-14)15(21)20(16)8(2)3/h8H,6-7H2,1-5H3. The van der Waals surface area contributed by atoms with Crippen LogP contribution in [0.1, 0.15) is 49.0 Å². The van der Waals surface area contributed by atoms with Crippen LogP contribution in [0.5, 0.6) is 0 Å². The second kappa shape index (κ2) is 6.68. The molecule has 0 amide bonds. The number of fused-ring (bicyclic) bond motifs is 1. The molecule has 0 fully saturated rings. The van der Waals surface area contributed by atoms with Crippen LogP contribution in [-0.2, 0) is 12.2 Å². The van der Waals surface area contributed by atoms with Crippen molar-refractivity contribution in [3.05, 3.63) is 32.5 Å². The second-order valence-corrected chi connectivity index (χ2v) is 8.02. The van der Waals surface area contributed by atoms with Gasteiger partial charge in [0.15, 0.2) is 11.0 Å². The fourth-order valence-corrected chi connectivity index (χ4v) is 4.50. The maximum absolute atomic E-state index is 13.0. The summed E-state index contributed by atoms with van der Waals surface area (Å²) in [7, 11) is 0. The van der Waals surface area contributed by atoms with Gasteiger partial charge in [-0.2, -0.15) is 4.98 Å². The molecule has 0 bridgehead atoms. The molecule has 0 unspecified atom stereocenters. The van der Waals surface area contributed by atoms with E-state index in [9.17, 15) is 4.79 Å². The lowest BCUT2D eigenvalue weighted by Gasteiger charge is -2.14. The van der Waals surface area contributed by atoms with Gasteiger partial charge in [-0.05, 0) is 33.3 Å². The minimum atomic E-state index is 0.0270. The summed E-state index contributed by atoms with van der Waals surface area (Å²) >= 11 is 3.03. The van der Waals surface area contributed by atoms with Crippen molar-refractivity contribution >= 4 is 33.3 Å². The van der Waals surface area contributed by atoms with Gasteiger partial charge in [0.05, 0.1) is 11.1 Å². The molecular formula is C16H20N4O2S2. The van der Waals surface area contributed by atoms with Gasteiger partial charge in [-0.1, -0.05) is 23.8 Å². The van der Waals surface area contributed by atoms with Crippen LogP contribution in [0.15, 0.2) is 14.5 Å². The zero-order valence-electron chi connectivity index (χ0n) is 14.4. The first-order chi connectivity index (χ1) is 11.4. The molecule has 6 nitrogen and oxygen atoms in total. The molecule has 0 saturated heterocycles. The lowest BCUT2D eigenvalue weighted by atomic mass is 10.2. The van der Waals surface area contributed by atoms with Crippen LogP contribution in [0.2, 0.25) is 0 Å². The van der Waals surface area contributed by atoms with Crippen LogP contribution in [0.25, 0.3) is 10.2 Å². The first-order valence-electron chi connectivity index (χ1n) is 7.88. The highest BCUT2D eigenvalue weighted by molar-refractivity contribution is 7.98. The molecule has 0 aromatic carbocycles. The highest BCUT2D eigenvalue weighted by Gasteiger charge is 2.19. The molecule has 24 heavy (non-hydrogen) atoms. The molecule has 0 atom stereocenters. The van der Waals surface area contributed by atoms with Crippen molar-refractivity contribution in [1.29, 1.82) is 0 Å². The minimum Gasteiger partial charge on any atom is -0.338 e. The van der Waals surface area contributed by atoms with Gasteiger partial charge < -0.3 is 4.52 Å². The van der Waals surface area contributed by atoms with Gasteiger partial charge in [0.2, 0.25) is 5.89 Å². The van der Waals surface area contributed by atoms with Crippen LogP contribution >= 0.6 is 23.1 Å². The summed E-state index contributed by atoms with van der Waals surface area (Å²) in [4.78, 5) is 23.9. The summed E-state index contributed by atoms with van der Waals surface area (Å²) in [6.07, 6.45) is 0.739. The third-order valence-electron chi connectivity index (χ3n) is 3.87. The number of aromatic nitrogens is 4. The molecule has 3 rings (SSSR count). The highest BCUT2D eigenvalue weighted by Crippen LogP contribution is 2.30. The molecular weight excluding hydrogens is 344 g/mol. The Bertz CT molecular complexity index is 940. The Morgan fingerprint density at radius 2 is 2.04 bits per heavy atom. The number of hydrogen-bond donors (Lipinski definition) is 0. The number of hydrogen-bond acceptors (Lipinski definition) is 7. The number of thiophene rings is 1. The third kappa shape index (κ3) is 3.00. The maximum Gasteiger partial charge on any atom is 0.263 e. The lowest BCUT2D eigenvalue weighted by Crippen LogP contribution is -2.24. The molecule has 3 heterocycles. The Morgan fingerprint density at radius 1 is 1.29 bits per heavy atom. The average molecular weight is 364 g/mol. The first kappa shape index (κ1) is 17.2. The lowest BCUT2D eigenvalue weighted by molar-refractivity contribution is 0.385. The van der Waals surface area contributed by atoms with Crippen molar-refractivity contribution < 1.29 is 4.52 Å². The second-order valence-electron chi connectivity index (χ2n) is 5.87. The minimum absolute atomic E-state index is 0.0270. The third-order valence-corrected chi connectivity index (χ3v) is 5.91. The number of nitrogens with zero attached hydrogens (tertiary/aromatic N) is 4. The topological polar surface area (TPSA) is 73.8 Å². The van der Waals surface area contributed by atoms with Crippen LogP contribution in [0, 0.1) is 13.8 Å². The predicted molar refractivity (Wildman–Crippen MR) is 97.0 cm³/mol. The quantitative estimate of drug-likeness (QED) is 0.505. The fourth-order valence-electron chi connectivity index (χ4n) is 2.46. The zero-order valence-corrected chi connectivity index (χ0v) is 16.0. The van der Waals surface area contributed by atoms with Crippen LogP contribution < -0.4 is 5.56 Å². The Labute approximate surface area is 148 Å². The van der Waals surface area contributed by atoms with Gasteiger partial charge >= 0.3 is 0 Å². The first-order valence-corrected chi connectivity index (χ1v) is 9.69. The normalized spacial score (nSPS) is 11.8. The monoisotopic (exact) mass is 364 g/mol. The summed E-state index contributed by atoms with van der Waals surface area (Å²) in [6.45, 7) is 9.98. The number of thioether (sulfide) groups is 1. The molecule has 3 aromatic heterocycles. The van der Waals surface area contributed by atoms with E-state index >= 15 is 0 Å². The summed E-state index contributed by atoms with van der Waals surface area (Å²) in [5.41, 5.74) is 1.06. The molecule has 0 aliphatic carbocycles. The largest absolute Gasteiger partial charge is 0.338 e. The van der Waals surface area contributed by atoms with Gasteiger partial charge in [-0.3, -0.25) is 9.36 Å². The van der Waals surface area contributed by atoms with Crippen molar-refractivity contribution in [2.24, 2.45) is 0 Å². The van der Waals surface area contributed by atoms with Gasteiger partial charge in [0, 0.05) is 17.3 Å². The Hall–Kier alpha value is -1.67. The van der Waals surface area contributed by atoms with Gasteiger partial charge in [0.25, 0.3) is 5.56 Å². The van der Waals surface area contributed by atoms with Crippen LogP contribution in [0.3, 0.4) is 0 Å². The molecule has 0 aliphatic rings. The Kier molecular flexibility index (Phi) is 4.78. The van der Waals surface area contributed by atoms with Gasteiger partial charge in [-0.25, -0.2) is 4.98 Å². The highest BCUT2D eigenvalue weighted by atomic mass is 32.2. The molecule has 3 aromatic rings. The maximum atomic E-state index is 13.0. The summed E-state index contributed by atoms with van der Waals surface area (Å²) < 4.78 is 6.98. The predicted octanol–water partition coefficient (Wildman–Crippen LogP) is 3.89. The van der Waals surface area contributed by atoms with Gasteiger partial charge in [-0.15, -0.1) is 11.3 Å². The average Bonchev–Trinajstić information content (AvgIpc) is 3.10. The van der Waals surface area contributed by atoms with E-state index in [4.69, 9.17) is 9.51 Å². The summed E-state index contributed by atoms with van der Waals surface area (Å²) in [5.74, 6) is 1.75. The Morgan fingerprint density at radius 3 is 2.67 bits per heavy atom. The number of aryl methyl sites for hydroxylation is 3. The number of rotatable bonds is 5. The van der Waals surface area contributed by atoms with Crippen molar-refractivity contribution in [2.45, 2.75) is 58.0 Å². The van der Waals surface area contributed by atoms with Crippen LogP contribution in [0.4, 0.5) is 0 Å². The van der Waals surface area contributed by atoms with Crippen molar-refractivity contribution in [1.82, 2.24) is 19.7 Å². The molecule has 8 heteroatoms. The molecule has 0 spiro atoms. The van der Waals surface area contributed by atoms with E-state index in [0.29, 0.717) is 22.6 Å².